The van der Waals surface area contributed by atoms with E-state index in [-0.39, 0.29) is 11.3 Å². The molecule has 0 aliphatic heterocycles. The Labute approximate surface area is 110 Å². The van der Waals surface area contributed by atoms with Crippen LogP contribution in [0.4, 0.5) is 15.8 Å². The zero-order valence-electron chi connectivity index (χ0n) is 10.3. The van der Waals surface area contributed by atoms with Crippen molar-refractivity contribution < 1.29 is 13.9 Å². The van der Waals surface area contributed by atoms with Crippen LogP contribution in [0.25, 0.3) is 0 Å². The molecule has 2 aromatic rings. The molecule has 1 amide bonds. The number of carbonyl (C=O) groups is 1. The summed E-state index contributed by atoms with van der Waals surface area (Å²) in [6, 6.07) is 10.9. The van der Waals surface area contributed by atoms with Crippen molar-refractivity contribution in [2.45, 2.75) is 0 Å². The SMILES string of the molecule is COc1ccccc1NC(=O)c1ccc(N)c(F)c1. The van der Waals surface area contributed by atoms with Crippen molar-refractivity contribution in [2.24, 2.45) is 0 Å². The number of hydrogen-bond acceptors (Lipinski definition) is 3. The highest BCUT2D eigenvalue weighted by molar-refractivity contribution is 6.05. The lowest BCUT2D eigenvalue weighted by Crippen LogP contribution is -2.13. The molecule has 0 unspecified atom stereocenters. The quantitative estimate of drug-likeness (QED) is 0.834. The van der Waals surface area contributed by atoms with Crippen molar-refractivity contribution in [1.82, 2.24) is 0 Å². The van der Waals surface area contributed by atoms with Gasteiger partial charge in [-0.15, -0.1) is 0 Å². The summed E-state index contributed by atoms with van der Waals surface area (Å²) in [6.07, 6.45) is 0. The minimum atomic E-state index is -0.618. The van der Waals surface area contributed by atoms with Crippen molar-refractivity contribution in [3.63, 3.8) is 0 Å². The van der Waals surface area contributed by atoms with Gasteiger partial charge in [0, 0.05) is 5.56 Å². The number of rotatable bonds is 3. The van der Waals surface area contributed by atoms with Gasteiger partial charge in [0.25, 0.3) is 5.91 Å². The van der Waals surface area contributed by atoms with E-state index in [0.717, 1.165) is 6.07 Å². The number of hydrogen-bond donors (Lipinski definition) is 2. The number of carbonyl (C=O) groups excluding carboxylic acids is 1. The van der Waals surface area contributed by atoms with Crippen molar-refractivity contribution in [3.05, 3.63) is 53.8 Å². The van der Waals surface area contributed by atoms with E-state index >= 15 is 0 Å². The summed E-state index contributed by atoms with van der Waals surface area (Å²) in [6.45, 7) is 0. The van der Waals surface area contributed by atoms with Crippen LogP contribution in [0.15, 0.2) is 42.5 Å². The second-order valence-electron chi connectivity index (χ2n) is 3.89. The Kier molecular flexibility index (Phi) is 3.66. The molecule has 0 saturated carbocycles. The molecule has 2 rings (SSSR count). The first kappa shape index (κ1) is 12.9. The van der Waals surface area contributed by atoms with Crippen LogP contribution >= 0.6 is 0 Å². The second-order valence-corrected chi connectivity index (χ2v) is 3.89. The molecule has 5 heteroatoms. The average molecular weight is 260 g/mol. The number of nitrogens with one attached hydrogen (secondary N) is 1. The van der Waals surface area contributed by atoms with Crippen molar-refractivity contribution >= 4 is 17.3 Å². The first-order valence-corrected chi connectivity index (χ1v) is 5.61. The predicted molar refractivity (Wildman–Crippen MR) is 71.8 cm³/mol. The third-order valence-electron chi connectivity index (χ3n) is 2.62. The number of halogens is 1. The summed E-state index contributed by atoms with van der Waals surface area (Å²) in [5.41, 5.74) is 6.08. The Balaban J connectivity index is 2.23. The van der Waals surface area contributed by atoms with Crippen LogP contribution in [0.1, 0.15) is 10.4 Å². The summed E-state index contributed by atoms with van der Waals surface area (Å²) >= 11 is 0. The van der Waals surface area contributed by atoms with Crippen molar-refractivity contribution in [1.29, 1.82) is 0 Å². The number of methoxy groups -OCH3 is 1. The van der Waals surface area contributed by atoms with Gasteiger partial charge in [0.2, 0.25) is 0 Å². The molecule has 0 fully saturated rings. The number of nitrogen functional groups attached to an aromatic ring is 1. The van der Waals surface area contributed by atoms with Crippen LogP contribution in [-0.2, 0) is 0 Å². The van der Waals surface area contributed by atoms with Gasteiger partial charge < -0.3 is 15.8 Å². The normalized spacial score (nSPS) is 10.0. The highest BCUT2D eigenvalue weighted by Gasteiger charge is 2.11. The fraction of sp³-hybridized carbons (Fsp3) is 0.0714. The molecule has 2 aromatic carbocycles. The average Bonchev–Trinajstić information content (AvgIpc) is 2.42. The van der Waals surface area contributed by atoms with Gasteiger partial charge in [-0.2, -0.15) is 0 Å². The number of para-hydroxylation sites is 2. The summed E-state index contributed by atoms with van der Waals surface area (Å²) in [5, 5.41) is 2.65. The van der Waals surface area contributed by atoms with Crippen LogP contribution in [0, 0.1) is 5.82 Å². The molecule has 0 aromatic heterocycles. The molecule has 0 aliphatic rings. The minimum Gasteiger partial charge on any atom is -0.495 e. The van der Waals surface area contributed by atoms with E-state index in [1.54, 1.807) is 24.3 Å². The number of benzene rings is 2. The van der Waals surface area contributed by atoms with Crippen molar-refractivity contribution in [3.8, 4) is 5.75 Å². The molecule has 0 spiro atoms. The van der Waals surface area contributed by atoms with Gasteiger partial charge in [0.1, 0.15) is 11.6 Å². The lowest BCUT2D eigenvalue weighted by atomic mass is 10.2. The van der Waals surface area contributed by atoms with Gasteiger partial charge in [-0.25, -0.2) is 4.39 Å². The van der Waals surface area contributed by atoms with Crippen LogP contribution in [0.5, 0.6) is 5.75 Å². The number of ether oxygens (including phenoxy) is 1. The summed E-state index contributed by atoms with van der Waals surface area (Å²) < 4.78 is 18.4. The monoisotopic (exact) mass is 260 g/mol. The topological polar surface area (TPSA) is 64.3 Å². The molecular formula is C14H13FN2O2. The Morgan fingerprint density at radius 1 is 1.26 bits per heavy atom. The van der Waals surface area contributed by atoms with E-state index in [1.165, 1.54) is 19.2 Å². The van der Waals surface area contributed by atoms with Crippen LogP contribution in [0.2, 0.25) is 0 Å². The lowest BCUT2D eigenvalue weighted by Gasteiger charge is -2.10. The standard InChI is InChI=1S/C14H13FN2O2/c1-19-13-5-3-2-4-12(13)17-14(18)9-6-7-11(16)10(15)8-9/h2-8H,16H2,1H3,(H,17,18). The molecule has 0 saturated heterocycles. The Morgan fingerprint density at radius 3 is 2.68 bits per heavy atom. The van der Waals surface area contributed by atoms with Gasteiger partial charge in [0.15, 0.2) is 0 Å². The lowest BCUT2D eigenvalue weighted by molar-refractivity contribution is 0.102. The Bertz CT molecular complexity index is 614. The molecule has 0 heterocycles. The molecule has 0 radical (unpaired) electrons. The maximum Gasteiger partial charge on any atom is 0.255 e. The van der Waals surface area contributed by atoms with Crippen molar-refractivity contribution in [2.75, 3.05) is 18.2 Å². The molecule has 0 aliphatic carbocycles. The second kappa shape index (κ2) is 5.39. The zero-order chi connectivity index (χ0) is 13.8. The smallest absolute Gasteiger partial charge is 0.255 e. The van der Waals surface area contributed by atoms with E-state index in [9.17, 15) is 9.18 Å². The minimum absolute atomic E-state index is 0.00819. The molecule has 4 nitrogen and oxygen atoms in total. The highest BCUT2D eigenvalue weighted by atomic mass is 19.1. The van der Waals surface area contributed by atoms with Gasteiger partial charge in [-0.05, 0) is 30.3 Å². The van der Waals surface area contributed by atoms with E-state index in [0.29, 0.717) is 11.4 Å². The first-order chi connectivity index (χ1) is 9.11. The molecule has 0 bridgehead atoms. The number of nitrogens with two attached hydrogens (primary N) is 1. The van der Waals surface area contributed by atoms with Gasteiger partial charge >= 0.3 is 0 Å². The van der Waals surface area contributed by atoms with E-state index in [1.807, 2.05) is 0 Å². The third-order valence-corrected chi connectivity index (χ3v) is 2.62. The van der Waals surface area contributed by atoms with Gasteiger partial charge in [-0.3, -0.25) is 4.79 Å². The maximum absolute atomic E-state index is 13.3. The largest absolute Gasteiger partial charge is 0.495 e. The molecule has 19 heavy (non-hydrogen) atoms. The zero-order valence-corrected chi connectivity index (χ0v) is 10.3. The van der Waals surface area contributed by atoms with Gasteiger partial charge in [0.05, 0.1) is 18.5 Å². The Morgan fingerprint density at radius 2 is 2.00 bits per heavy atom. The summed E-state index contributed by atoms with van der Waals surface area (Å²) in [5.74, 6) is -0.511. The van der Waals surface area contributed by atoms with Crippen LogP contribution in [-0.4, -0.2) is 13.0 Å². The van der Waals surface area contributed by atoms with E-state index in [4.69, 9.17) is 10.5 Å². The summed E-state index contributed by atoms with van der Waals surface area (Å²) in [4.78, 5) is 12.0. The fourth-order valence-corrected chi connectivity index (χ4v) is 1.61. The van der Waals surface area contributed by atoms with Gasteiger partial charge in [-0.1, -0.05) is 12.1 Å². The van der Waals surface area contributed by atoms with Crippen LogP contribution in [0.3, 0.4) is 0 Å². The first-order valence-electron chi connectivity index (χ1n) is 5.61. The molecule has 0 atom stereocenters. The molecular weight excluding hydrogens is 247 g/mol. The highest BCUT2D eigenvalue weighted by Crippen LogP contribution is 2.24. The third kappa shape index (κ3) is 2.82. The number of anilines is 2. The maximum atomic E-state index is 13.3. The van der Waals surface area contributed by atoms with E-state index in [2.05, 4.69) is 5.32 Å². The molecule has 3 N–H and O–H groups in total. The predicted octanol–water partition coefficient (Wildman–Crippen LogP) is 2.67. The molecule has 98 valence electrons. The Hall–Kier alpha value is -2.56. The van der Waals surface area contributed by atoms with E-state index < -0.39 is 11.7 Å². The summed E-state index contributed by atoms with van der Waals surface area (Å²) in [7, 11) is 1.51. The fourth-order valence-electron chi connectivity index (χ4n) is 1.61. The van der Waals surface area contributed by atoms with Crippen LogP contribution < -0.4 is 15.8 Å². The number of amides is 1.